The molecule has 4 saturated carbocycles. The van der Waals surface area contributed by atoms with Crippen molar-refractivity contribution in [3.05, 3.63) is 0 Å². The third kappa shape index (κ3) is 3.65. The zero-order valence-corrected chi connectivity index (χ0v) is 19.6. The van der Waals surface area contributed by atoms with Crippen LogP contribution in [-0.2, 0) is 28.7 Å². The number of hydrogen-bond donors (Lipinski definition) is 1. The topological polar surface area (TPSA) is 107 Å². The van der Waals surface area contributed by atoms with Gasteiger partial charge in [0.2, 0.25) is 6.10 Å². The molecule has 0 radical (unpaired) electrons. The summed E-state index contributed by atoms with van der Waals surface area (Å²) in [6, 6.07) is 0. The first kappa shape index (κ1) is 23.2. The normalized spacial score (nSPS) is 43.9. The van der Waals surface area contributed by atoms with E-state index in [9.17, 15) is 24.3 Å². The van der Waals surface area contributed by atoms with Crippen molar-refractivity contribution in [2.45, 2.75) is 91.3 Å². The molecule has 1 N–H and O–H groups in total. The molecule has 7 nitrogen and oxygen atoms in total. The highest BCUT2D eigenvalue weighted by atomic mass is 16.6. The van der Waals surface area contributed by atoms with E-state index in [1.807, 2.05) is 0 Å². The summed E-state index contributed by atoms with van der Waals surface area (Å²) in [5.41, 5.74) is -0.562. The van der Waals surface area contributed by atoms with E-state index in [0.29, 0.717) is 18.8 Å². The van der Waals surface area contributed by atoms with Crippen LogP contribution in [0.3, 0.4) is 0 Å². The van der Waals surface area contributed by atoms with Crippen LogP contribution in [0.4, 0.5) is 0 Å². The second-order valence-electron chi connectivity index (χ2n) is 11.2. The fourth-order valence-electron chi connectivity index (χ4n) is 8.39. The molecule has 178 valence electrons. The fraction of sp³-hybridized carbons (Fsp3) is 0.840. The van der Waals surface area contributed by atoms with Crippen LogP contribution in [0.1, 0.15) is 79.1 Å². The number of carboxylic acid groups (broad SMARTS) is 1. The Hall–Kier alpha value is -1.92. The van der Waals surface area contributed by atoms with Crippen molar-refractivity contribution in [1.29, 1.82) is 0 Å². The molecule has 7 heteroatoms. The zero-order valence-electron chi connectivity index (χ0n) is 19.6. The first-order valence-corrected chi connectivity index (χ1v) is 12.1. The van der Waals surface area contributed by atoms with Gasteiger partial charge in [-0.3, -0.25) is 14.4 Å². The molecule has 0 unspecified atom stereocenters. The van der Waals surface area contributed by atoms with Crippen molar-refractivity contribution in [2.24, 2.45) is 40.4 Å². The Kier molecular flexibility index (Phi) is 5.91. The SMILES string of the molecule is CC(=O)O[C@@H]1CC[C@@]2(C)[C@H](CC[C@H]3[C@@H]4CC[C@H]([C@H](OC(C)=O)C(=O)O)[C@@]4(C)CC(=O)[C@@H]32)C1. The van der Waals surface area contributed by atoms with Gasteiger partial charge in [-0.15, -0.1) is 0 Å². The fourth-order valence-corrected chi connectivity index (χ4v) is 8.39. The van der Waals surface area contributed by atoms with Crippen molar-refractivity contribution in [3.63, 3.8) is 0 Å². The Bertz CT molecular complexity index is 821. The van der Waals surface area contributed by atoms with Crippen LogP contribution in [0.15, 0.2) is 0 Å². The van der Waals surface area contributed by atoms with Crippen LogP contribution in [0.2, 0.25) is 0 Å². The quantitative estimate of drug-likeness (QED) is 0.652. The number of aliphatic carboxylic acids is 1. The summed E-state index contributed by atoms with van der Waals surface area (Å²) in [5, 5.41) is 9.77. The lowest BCUT2D eigenvalue weighted by Gasteiger charge is -2.60. The largest absolute Gasteiger partial charge is 0.478 e. The molecule has 0 spiro atoms. The monoisotopic (exact) mass is 448 g/mol. The van der Waals surface area contributed by atoms with Crippen molar-refractivity contribution < 1.29 is 33.8 Å². The molecule has 0 aromatic rings. The summed E-state index contributed by atoms with van der Waals surface area (Å²) in [6.07, 6.45) is 5.08. The number of fused-ring (bicyclic) bond motifs is 5. The lowest BCUT2D eigenvalue weighted by atomic mass is 9.44. The Morgan fingerprint density at radius 3 is 2.34 bits per heavy atom. The van der Waals surface area contributed by atoms with Gasteiger partial charge in [-0.05, 0) is 73.5 Å². The summed E-state index contributed by atoms with van der Waals surface area (Å²) in [7, 11) is 0. The van der Waals surface area contributed by atoms with Crippen LogP contribution < -0.4 is 0 Å². The van der Waals surface area contributed by atoms with Gasteiger partial charge in [0.25, 0.3) is 0 Å². The Labute approximate surface area is 189 Å². The number of ether oxygens (including phenoxy) is 2. The van der Waals surface area contributed by atoms with Crippen molar-refractivity contribution >= 4 is 23.7 Å². The maximum absolute atomic E-state index is 13.7. The molecule has 0 bridgehead atoms. The molecule has 32 heavy (non-hydrogen) atoms. The van der Waals surface area contributed by atoms with Crippen molar-refractivity contribution in [2.75, 3.05) is 0 Å². The lowest BCUT2D eigenvalue weighted by Crippen LogP contribution is -2.58. The van der Waals surface area contributed by atoms with Gasteiger partial charge < -0.3 is 14.6 Å². The molecule has 4 aliphatic rings. The second-order valence-corrected chi connectivity index (χ2v) is 11.2. The summed E-state index contributed by atoms with van der Waals surface area (Å²) >= 11 is 0. The zero-order chi connectivity index (χ0) is 23.4. The van der Waals surface area contributed by atoms with Crippen LogP contribution >= 0.6 is 0 Å². The first-order valence-electron chi connectivity index (χ1n) is 12.1. The van der Waals surface area contributed by atoms with Crippen LogP contribution in [0, 0.1) is 40.4 Å². The van der Waals surface area contributed by atoms with E-state index in [2.05, 4.69) is 13.8 Å². The second kappa shape index (κ2) is 8.14. The van der Waals surface area contributed by atoms with E-state index in [1.54, 1.807) is 0 Å². The number of carbonyl (C=O) groups excluding carboxylic acids is 3. The summed E-state index contributed by atoms with van der Waals surface area (Å²) < 4.78 is 10.7. The van der Waals surface area contributed by atoms with E-state index < -0.39 is 23.5 Å². The predicted molar refractivity (Wildman–Crippen MR) is 114 cm³/mol. The van der Waals surface area contributed by atoms with Crippen molar-refractivity contribution in [3.8, 4) is 0 Å². The average Bonchev–Trinajstić information content (AvgIpc) is 3.01. The van der Waals surface area contributed by atoms with E-state index in [4.69, 9.17) is 9.47 Å². The number of carboxylic acids is 1. The minimum absolute atomic E-state index is 0.0200. The highest BCUT2D eigenvalue weighted by molar-refractivity contribution is 5.85. The first-order chi connectivity index (χ1) is 15.0. The number of Topliss-reactive ketones (excluding diaryl/α,β-unsaturated/α-hetero) is 1. The van der Waals surface area contributed by atoms with Crippen LogP contribution in [0.25, 0.3) is 0 Å². The molecular formula is C25H36O7. The van der Waals surface area contributed by atoms with Crippen LogP contribution in [0.5, 0.6) is 0 Å². The van der Waals surface area contributed by atoms with E-state index in [0.717, 1.165) is 38.5 Å². The summed E-state index contributed by atoms with van der Waals surface area (Å²) in [5.74, 6) is -1.22. The number of rotatable bonds is 4. The van der Waals surface area contributed by atoms with Gasteiger partial charge in [0, 0.05) is 32.1 Å². The molecule has 0 aromatic carbocycles. The molecule has 4 rings (SSSR count). The predicted octanol–water partition coefficient (Wildman–Crippen LogP) is 3.77. The average molecular weight is 449 g/mol. The lowest BCUT2D eigenvalue weighted by molar-refractivity contribution is -0.179. The molecule has 0 saturated heterocycles. The summed E-state index contributed by atoms with van der Waals surface area (Å²) in [6.45, 7) is 6.99. The molecule has 0 heterocycles. The molecule has 9 atom stereocenters. The third-order valence-corrected chi connectivity index (χ3v) is 9.61. The minimum Gasteiger partial charge on any atom is -0.478 e. The van der Waals surface area contributed by atoms with Gasteiger partial charge in [0.1, 0.15) is 11.9 Å². The van der Waals surface area contributed by atoms with Gasteiger partial charge in [0.05, 0.1) is 0 Å². The number of esters is 2. The molecule has 4 aliphatic carbocycles. The number of ketones is 1. The molecular weight excluding hydrogens is 412 g/mol. The van der Waals surface area contributed by atoms with Gasteiger partial charge in [-0.1, -0.05) is 13.8 Å². The molecule has 0 aliphatic heterocycles. The highest BCUT2D eigenvalue weighted by Gasteiger charge is 2.65. The maximum Gasteiger partial charge on any atom is 0.345 e. The molecule has 0 amide bonds. The van der Waals surface area contributed by atoms with Crippen LogP contribution in [-0.4, -0.2) is 41.0 Å². The molecule has 4 fully saturated rings. The highest BCUT2D eigenvalue weighted by Crippen LogP contribution is 2.67. The maximum atomic E-state index is 13.7. The Morgan fingerprint density at radius 1 is 1.00 bits per heavy atom. The van der Waals surface area contributed by atoms with Gasteiger partial charge in [-0.2, -0.15) is 0 Å². The number of hydrogen-bond acceptors (Lipinski definition) is 6. The third-order valence-electron chi connectivity index (χ3n) is 9.61. The Morgan fingerprint density at radius 2 is 1.72 bits per heavy atom. The minimum atomic E-state index is -1.20. The van der Waals surface area contributed by atoms with Gasteiger partial charge in [0.15, 0.2) is 0 Å². The van der Waals surface area contributed by atoms with E-state index in [1.165, 1.54) is 13.8 Å². The van der Waals surface area contributed by atoms with Gasteiger partial charge >= 0.3 is 17.9 Å². The molecule has 0 aromatic heterocycles. The van der Waals surface area contributed by atoms with Crippen molar-refractivity contribution in [1.82, 2.24) is 0 Å². The summed E-state index contributed by atoms with van der Waals surface area (Å²) in [4.78, 5) is 48.7. The standard InChI is InChI=1S/C25H36O7/c1-13(26)31-16-9-10-24(3)15(11-16)5-6-17-18-7-8-19(22(23(29)30)32-14(2)27)25(18,4)12-20(28)21(17)24/h15-19,21-22H,5-12H2,1-4H3,(H,29,30)/t15-,16-,17+,18+,19-,21-,22+,24+,25+/m1/s1. The van der Waals surface area contributed by atoms with E-state index >= 15 is 0 Å². The smallest absolute Gasteiger partial charge is 0.345 e. The van der Waals surface area contributed by atoms with E-state index in [-0.39, 0.29) is 46.9 Å². The van der Waals surface area contributed by atoms with Gasteiger partial charge in [-0.25, -0.2) is 4.79 Å². The Balaban J connectivity index is 1.59. The number of carbonyl (C=O) groups is 4.